The normalized spacial score (nSPS) is 23.8. The molecule has 1 aliphatic rings. The third-order valence-corrected chi connectivity index (χ3v) is 3.58. The first-order valence-electron chi connectivity index (χ1n) is 6.13. The maximum atomic E-state index is 4.26. The van der Waals surface area contributed by atoms with Gasteiger partial charge in [-0.15, -0.1) is 0 Å². The third kappa shape index (κ3) is 1.75. The number of benzene rings is 1. The summed E-state index contributed by atoms with van der Waals surface area (Å²) in [6, 6.07) is 14.9. The van der Waals surface area contributed by atoms with E-state index in [0.29, 0.717) is 0 Å². The van der Waals surface area contributed by atoms with Gasteiger partial charge in [0.25, 0.3) is 0 Å². The van der Waals surface area contributed by atoms with E-state index in [1.807, 2.05) is 18.5 Å². The first kappa shape index (κ1) is 10.5. The van der Waals surface area contributed by atoms with Gasteiger partial charge in [0.05, 0.1) is 5.54 Å². The van der Waals surface area contributed by atoms with E-state index in [1.54, 1.807) is 0 Å². The molecule has 1 N–H and O–H groups in total. The van der Waals surface area contributed by atoms with Gasteiger partial charge >= 0.3 is 0 Å². The van der Waals surface area contributed by atoms with E-state index in [2.05, 4.69) is 46.7 Å². The Morgan fingerprint density at radius 2 is 1.82 bits per heavy atom. The van der Waals surface area contributed by atoms with E-state index in [0.717, 1.165) is 13.0 Å². The topological polar surface area (TPSA) is 24.9 Å². The van der Waals surface area contributed by atoms with Crippen LogP contribution in [0.2, 0.25) is 0 Å². The summed E-state index contributed by atoms with van der Waals surface area (Å²) in [5, 5.41) is 3.66. The van der Waals surface area contributed by atoms with Crippen molar-refractivity contribution >= 4 is 0 Å². The number of pyridine rings is 1. The lowest BCUT2D eigenvalue weighted by Gasteiger charge is -2.30. The molecular formula is C15H16N2. The largest absolute Gasteiger partial charge is 0.304 e. The minimum Gasteiger partial charge on any atom is -0.304 e. The zero-order chi connectivity index (χ0) is 11.6. The van der Waals surface area contributed by atoms with E-state index in [9.17, 15) is 0 Å². The summed E-state index contributed by atoms with van der Waals surface area (Å²) < 4.78 is 0. The highest BCUT2D eigenvalue weighted by atomic mass is 15.0. The van der Waals surface area contributed by atoms with E-state index in [-0.39, 0.29) is 5.54 Å². The maximum absolute atomic E-state index is 4.26. The summed E-state index contributed by atoms with van der Waals surface area (Å²) in [7, 11) is 0. The Kier molecular flexibility index (Phi) is 2.65. The number of hydrogen-bond acceptors (Lipinski definition) is 2. The molecule has 1 aromatic carbocycles. The second kappa shape index (κ2) is 4.30. The molecule has 1 atom stereocenters. The van der Waals surface area contributed by atoms with E-state index in [4.69, 9.17) is 0 Å². The van der Waals surface area contributed by atoms with Crippen LogP contribution >= 0.6 is 0 Å². The smallest absolute Gasteiger partial charge is 0.0706 e. The van der Waals surface area contributed by atoms with Crippen molar-refractivity contribution in [2.45, 2.75) is 18.4 Å². The van der Waals surface area contributed by atoms with E-state index < -0.39 is 0 Å². The fourth-order valence-electron chi connectivity index (χ4n) is 2.74. The number of rotatable bonds is 2. The lowest BCUT2D eigenvalue weighted by atomic mass is 9.82. The minimum atomic E-state index is -0.0322. The molecule has 17 heavy (non-hydrogen) atoms. The fraction of sp³-hybridized carbons (Fsp3) is 0.267. The number of nitrogens with one attached hydrogen (secondary N) is 1. The molecule has 1 saturated heterocycles. The number of aromatic nitrogens is 1. The van der Waals surface area contributed by atoms with Gasteiger partial charge in [0.2, 0.25) is 0 Å². The minimum absolute atomic E-state index is 0.0322. The molecular weight excluding hydrogens is 208 g/mol. The van der Waals surface area contributed by atoms with Gasteiger partial charge < -0.3 is 5.32 Å². The first-order valence-corrected chi connectivity index (χ1v) is 6.13. The molecule has 1 aliphatic heterocycles. The summed E-state index contributed by atoms with van der Waals surface area (Å²) in [6.45, 7) is 1.07. The van der Waals surface area contributed by atoms with Crippen LogP contribution in [0.3, 0.4) is 0 Å². The van der Waals surface area contributed by atoms with Crippen molar-refractivity contribution in [3.63, 3.8) is 0 Å². The molecule has 1 fully saturated rings. The van der Waals surface area contributed by atoms with Gasteiger partial charge in [0, 0.05) is 12.4 Å². The van der Waals surface area contributed by atoms with Crippen molar-refractivity contribution in [2.24, 2.45) is 0 Å². The Bertz CT molecular complexity index is 431. The maximum Gasteiger partial charge on any atom is 0.0706 e. The monoisotopic (exact) mass is 224 g/mol. The SMILES string of the molecule is c1ccc(C2(c3cccnc3)CCCN2)cc1. The molecule has 2 aromatic rings. The predicted octanol–water partition coefficient (Wildman–Crippen LogP) is 2.71. The van der Waals surface area contributed by atoms with Crippen molar-refractivity contribution in [1.29, 1.82) is 0 Å². The molecule has 1 aromatic heterocycles. The number of nitrogens with zero attached hydrogens (tertiary/aromatic N) is 1. The van der Waals surface area contributed by atoms with Crippen LogP contribution in [0.4, 0.5) is 0 Å². The van der Waals surface area contributed by atoms with Gasteiger partial charge in [-0.2, -0.15) is 0 Å². The number of hydrogen-bond donors (Lipinski definition) is 1. The molecule has 1 unspecified atom stereocenters. The van der Waals surface area contributed by atoms with E-state index in [1.165, 1.54) is 17.5 Å². The Morgan fingerprint density at radius 3 is 2.47 bits per heavy atom. The first-order chi connectivity index (χ1) is 8.42. The van der Waals surface area contributed by atoms with Crippen LogP contribution in [0, 0.1) is 0 Å². The van der Waals surface area contributed by atoms with Crippen LogP contribution in [0.15, 0.2) is 54.9 Å². The second-order valence-electron chi connectivity index (χ2n) is 4.54. The van der Waals surface area contributed by atoms with Crippen LogP contribution in [-0.4, -0.2) is 11.5 Å². The lowest BCUT2D eigenvalue weighted by Crippen LogP contribution is -2.37. The van der Waals surface area contributed by atoms with Crippen LogP contribution in [0.25, 0.3) is 0 Å². The summed E-state index contributed by atoms with van der Waals surface area (Å²) in [6.07, 6.45) is 6.16. The Balaban J connectivity index is 2.11. The van der Waals surface area contributed by atoms with Crippen molar-refractivity contribution in [3.8, 4) is 0 Å². The molecule has 3 rings (SSSR count). The summed E-state index contributed by atoms with van der Waals surface area (Å²) in [4.78, 5) is 4.26. The Labute approximate surface area is 102 Å². The zero-order valence-corrected chi connectivity index (χ0v) is 9.76. The van der Waals surface area contributed by atoms with Crippen molar-refractivity contribution in [1.82, 2.24) is 10.3 Å². The zero-order valence-electron chi connectivity index (χ0n) is 9.76. The summed E-state index contributed by atoms with van der Waals surface area (Å²) >= 11 is 0. The summed E-state index contributed by atoms with van der Waals surface area (Å²) in [5.41, 5.74) is 2.57. The molecule has 0 amide bonds. The van der Waals surface area contributed by atoms with Crippen LogP contribution < -0.4 is 5.32 Å². The molecule has 0 bridgehead atoms. The second-order valence-corrected chi connectivity index (χ2v) is 4.54. The molecule has 86 valence electrons. The Morgan fingerprint density at radius 1 is 1.00 bits per heavy atom. The molecule has 0 aliphatic carbocycles. The quantitative estimate of drug-likeness (QED) is 0.848. The summed E-state index contributed by atoms with van der Waals surface area (Å²) in [5.74, 6) is 0. The predicted molar refractivity (Wildman–Crippen MR) is 68.7 cm³/mol. The third-order valence-electron chi connectivity index (χ3n) is 3.58. The average molecular weight is 224 g/mol. The van der Waals surface area contributed by atoms with Crippen molar-refractivity contribution in [3.05, 3.63) is 66.0 Å². The molecule has 0 radical (unpaired) electrons. The van der Waals surface area contributed by atoms with Gasteiger partial charge in [-0.3, -0.25) is 4.98 Å². The lowest BCUT2D eigenvalue weighted by molar-refractivity contribution is 0.474. The van der Waals surface area contributed by atoms with Crippen LogP contribution in [0.1, 0.15) is 24.0 Å². The average Bonchev–Trinajstić information content (AvgIpc) is 2.91. The van der Waals surface area contributed by atoms with Crippen molar-refractivity contribution < 1.29 is 0 Å². The highest BCUT2D eigenvalue weighted by Gasteiger charge is 2.36. The molecule has 0 saturated carbocycles. The molecule has 2 nitrogen and oxygen atoms in total. The Hall–Kier alpha value is -1.67. The fourth-order valence-corrected chi connectivity index (χ4v) is 2.74. The van der Waals surface area contributed by atoms with Crippen molar-refractivity contribution in [2.75, 3.05) is 6.54 Å². The van der Waals surface area contributed by atoms with Gasteiger partial charge in [0.1, 0.15) is 0 Å². The highest BCUT2D eigenvalue weighted by molar-refractivity contribution is 5.38. The van der Waals surface area contributed by atoms with Gasteiger partial charge in [0.15, 0.2) is 0 Å². The standard InChI is InChI=1S/C15H16N2/c1-2-6-13(7-3-1)15(9-5-11-17-15)14-8-4-10-16-12-14/h1-4,6-8,10,12,17H,5,9,11H2. The van der Waals surface area contributed by atoms with Crippen LogP contribution in [0.5, 0.6) is 0 Å². The van der Waals surface area contributed by atoms with E-state index >= 15 is 0 Å². The highest BCUT2D eigenvalue weighted by Crippen LogP contribution is 2.36. The molecule has 2 heterocycles. The molecule has 0 spiro atoms. The van der Waals surface area contributed by atoms with Crippen LogP contribution in [-0.2, 0) is 5.54 Å². The van der Waals surface area contributed by atoms with Gasteiger partial charge in [-0.1, -0.05) is 36.4 Å². The van der Waals surface area contributed by atoms with Gasteiger partial charge in [-0.25, -0.2) is 0 Å². The van der Waals surface area contributed by atoms with Gasteiger partial charge in [-0.05, 0) is 36.6 Å². The molecule has 2 heteroatoms.